The zero-order chi connectivity index (χ0) is 38.4. The highest BCUT2D eigenvalue weighted by Gasteiger charge is 2.72. The van der Waals surface area contributed by atoms with Gasteiger partial charge in [0.05, 0.1) is 37.9 Å². The molecule has 7 rings (SSSR count). The standard InChI is InChI=1S/C45H68N4O4/c1-28(2)30(5)41(7)21-22-42(8)32-17-18-35-40(6)23-34(49-38(47-27-48-49)31-15-13-12-14-16-31)37(53-25-44(10,46-11)29(3)4)45(35,26-52-24-40)33(32)19-20-43(42,9)36(41)39(50)51/h12-16,19,27-30,32,34-37,46H,17-18,20-26H2,1-11H3,(H,50,51)/t30-,32+,34-,35-,36-,37+,40-,41-,42-,43+,44+,45+/m1/s1. The third-order valence-electron chi connectivity index (χ3n) is 17.3. The van der Waals surface area contributed by atoms with Gasteiger partial charge in [0.1, 0.15) is 6.33 Å². The number of hydrogen-bond donors (Lipinski definition) is 2. The van der Waals surface area contributed by atoms with Crippen molar-refractivity contribution in [2.24, 2.45) is 62.6 Å². The molecule has 3 saturated carbocycles. The van der Waals surface area contributed by atoms with Crippen LogP contribution in [0.15, 0.2) is 48.3 Å². The molecule has 8 nitrogen and oxygen atoms in total. The number of carboxylic acid groups (broad SMARTS) is 1. The molecule has 2 aromatic rings. The minimum atomic E-state index is -0.621. The number of hydrogen-bond acceptors (Lipinski definition) is 6. The molecule has 53 heavy (non-hydrogen) atoms. The molecule has 4 aliphatic carbocycles. The molecule has 1 aromatic heterocycles. The van der Waals surface area contributed by atoms with Crippen molar-refractivity contribution in [2.75, 3.05) is 26.9 Å². The molecule has 292 valence electrons. The molecule has 8 heteroatoms. The van der Waals surface area contributed by atoms with E-state index in [1.54, 1.807) is 6.33 Å². The van der Waals surface area contributed by atoms with Crippen LogP contribution in [0.3, 0.4) is 0 Å². The fraction of sp³-hybridized carbons (Fsp3) is 0.756. The molecular formula is C45H68N4O4. The number of allylic oxidation sites excluding steroid dienone is 1. The highest BCUT2D eigenvalue weighted by molar-refractivity contribution is 5.73. The molecule has 12 atom stereocenters. The molecule has 4 fully saturated rings. The lowest BCUT2D eigenvalue weighted by atomic mass is 9.34. The average Bonchev–Trinajstić information content (AvgIpc) is 3.61. The predicted molar refractivity (Wildman–Crippen MR) is 210 cm³/mol. The number of carbonyl (C=O) groups is 1. The van der Waals surface area contributed by atoms with Crippen LogP contribution in [0.1, 0.15) is 114 Å². The number of rotatable bonds is 10. The van der Waals surface area contributed by atoms with E-state index in [1.807, 2.05) is 13.1 Å². The zero-order valence-corrected chi connectivity index (χ0v) is 34.5. The molecule has 0 amide bonds. The van der Waals surface area contributed by atoms with Gasteiger partial charge in [0, 0.05) is 16.5 Å². The largest absolute Gasteiger partial charge is 0.481 e. The molecule has 2 heterocycles. The summed E-state index contributed by atoms with van der Waals surface area (Å²) in [6, 6.07) is 10.4. The molecule has 0 spiro atoms. The van der Waals surface area contributed by atoms with Gasteiger partial charge in [-0.1, -0.05) is 104 Å². The maximum absolute atomic E-state index is 13.7. The van der Waals surface area contributed by atoms with E-state index in [-0.39, 0.29) is 50.7 Å². The first-order valence-electron chi connectivity index (χ1n) is 20.7. The smallest absolute Gasteiger partial charge is 0.307 e. The zero-order valence-electron chi connectivity index (χ0n) is 34.5. The molecule has 1 aliphatic heterocycles. The van der Waals surface area contributed by atoms with Gasteiger partial charge < -0.3 is 19.9 Å². The maximum atomic E-state index is 13.7. The highest BCUT2D eigenvalue weighted by Crippen LogP contribution is 2.75. The summed E-state index contributed by atoms with van der Waals surface area (Å²) >= 11 is 0. The van der Waals surface area contributed by atoms with E-state index in [1.165, 1.54) is 5.57 Å². The maximum Gasteiger partial charge on any atom is 0.307 e. The number of fused-ring (bicyclic) bond motifs is 3. The monoisotopic (exact) mass is 729 g/mol. The van der Waals surface area contributed by atoms with E-state index < -0.39 is 11.9 Å². The Morgan fingerprint density at radius 3 is 2.42 bits per heavy atom. The third-order valence-corrected chi connectivity index (χ3v) is 17.3. The highest BCUT2D eigenvalue weighted by atomic mass is 16.5. The summed E-state index contributed by atoms with van der Waals surface area (Å²) in [5.74, 6) is 1.54. The normalized spacial score (nSPS) is 41.2. The van der Waals surface area contributed by atoms with Gasteiger partial charge in [0.25, 0.3) is 0 Å². The van der Waals surface area contributed by atoms with Crippen LogP contribution in [-0.2, 0) is 14.3 Å². The Bertz CT molecular complexity index is 1710. The van der Waals surface area contributed by atoms with Crippen molar-refractivity contribution < 1.29 is 19.4 Å². The van der Waals surface area contributed by atoms with Crippen molar-refractivity contribution in [3.05, 3.63) is 48.3 Å². The van der Waals surface area contributed by atoms with Gasteiger partial charge >= 0.3 is 5.97 Å². The number of aromatic nitrogens is 3. The number of nitrogens with one attached hydrogen (secondary N) is 1. The predicted octanol–water partition coefficient (Wildman–Crippen LogP) is 9.09. The quantitative estimate of drug-likeness (QED) is 0.236. The number of aliphatic carboxylic acids is 1. The summed E-state index contributed by atoms with van der Waals surface area (Å²) < 4.78 is 16.6. The van der Waals surface area contributed by atoms with Crippen molar-refractivity contribution in [1.82, 2.24) is 20.1 Å². The number of benzene rings is 1. The first-order chi connectivity index (χ1) is 24.9. The van der Waals surface area contributed by atoms with Gasteiger partial charge in [0.2, 0.25) is 0 Å². The van der Waals surface area contributed by atoms with E-state index in [0.29, 0.717) is 36.9 Å². The first kappa shape index (κ1) is 38.7. The summed E-state index contributed by atoms with van der Waals surface area (Å²) in [4.78, 5) is 18.5. The summed E-state index contributed by atoms with van der Waals surface area (Å²) in [6.07, 6.45) is 9.83. The van der Waals surface area contributed by atoms with E-state index in [9.17, 15) is 9.90 Å². The molecule has 0 radical (unpaired) electrons. The van der Waals surface area contributed by atoms with E-state index >= 15 is 0 Å². The topological polar surface area (TPSA) is 98.5 Å². The van der Waals surface area contributed by atoms with Gasteiger partial charge in [0.15, 0.2) is 5.82 Å². The molecule has 1 saturated heterocycles. The van der Waals surface area contributed by atoms with Crippen LogP contribution >= 0.6 is 0 Å². The van der Waals surface area contributed by atoms with Crippen molar-refractivity contribution in [3.63, 3.8) is 0 Å². The second-order valence-electron chi connectivity index (χ2n) is 20.1. The average molecular weight is 729 g/mol. The Labute approximate surface area is 319 Å². The van der Waals surface area contributed by atoms with Crippen LogP contribution in [-0.4, -0.2) is 64.4 Å². The van der Waals surface area contributed by atoms with Gasteiger partial charge in [-0.05, 0) is 104 Å². The van der Waals surface area contributed by atoms with Crippen LogP contribution in [0, 0.1) is 62.6 Å². The van der Waals surface area contributed by atoms with E-state index in [4.69, 9.17) is 19.6 Å². The summed E-state index contributed by atoms with van der Waals surface area (Å²) in [5.41, 5.74) is 1.01. The number of carboxylic acids is 1. The van der Waals surface area contributed by atoms with E-state index in [2.05, 4.69) is 110 Å². The van der Waals surface area contributed by atoms with Crippen LogP contribution < -0.4 is 5.32 Å². The van der Waals surface area contributed by atoms with Gasteiger partial charge in [-0.25, -0.2) is 9.67 Å². The Morgan fingerprint density at radius 1 is 1.06 bits per heavy atom. The Morgan fingerprint density at radius 2 is 1.77 bits per heavy atom. The van der Waals surface area contributed by atoms with Crippen LogP contribution in [0.5, 0.6) is 0 Å². The molecule has 1 aromatic carbocycles. The summed E-state index contributed by atoms with van der Waals surface area (Å²) in [5, 5.41) is 19.8. The lowest BCUT2D eigenvalue weighted by Crippen LogP contribution is -2.70. The summed E-state index contributed by atoms with van der Waals surface area (Å²) in [6.45, 7) is 25.1. The third kappa shape index (κ3) is 5.49. The van der Waals surface area contributed by atoms with Crippen molar-refractivity contribution >= 4 is 5.97 Å². The number of likely N-dealkylation sites (N-methyl/N-ethyl adjacent to an activating group) is 1. The SMILES string of the molecule is CN[C@@](C)(CO[C@H]1[C@H](n2ncnc2-c2ccccc2)C[C@]2(C)COC[C@@]13C1=CC[C@@]4(C)[C@H](C(=O)O)[C@@](C)([C@H](C)C(C)C)CC[C@]4(C)[C@H]1CC[C@H]23)C(C)C. The summed E-state index contributed by atoms with van der Waals surface area (Å²) in [7, 11) is 2.05. The van der Waals surface area contributed by atoms with Gasteiger partial charge in [-0.2, -0.15) is 5.10 Å². The minimum absolute atomic E-state index is 0.0554. The Balaban J connectivity index is 1.41. The lowest BCUT2D eigenvalue weighted by Gasteiger charge is -2.71. The van der Waals surface area contributed by atoms with Crippen molar-refractivity contribution in [2.45, 2.75) is 125 Å². The molecule has 0 unspecified atom stereocenters. The van der Waals surface area contributed by atoms with Crippen LogP contribution in [0.4, 0.5) is 0 Å². The molecule has 2 bridgehead atoms. The fourth-order valence-corrected chi connectivity index (χ4v) is 13.2. The molecule has 5 aliphatic rings. The Kier molecular flexibility index (Phi) is 9.71. The molecular weight excluding hydrogens is 661 g/mol. The minimum Gasteiger partial charge on any atom is -0.481 e. The Hall–Kier alpha value is -2.55. The van der Waals surface area contributed by atoms with Crippen LogP contribution in [0.25, 0.3) is 11.4 Å². The lowest BCUT2D eigenvalue weighted by molar-refractivity contribution is -0.254. The van der Waals surface area contributed by atoms with Crippen LogP contribution in [0.2, 0.25) is 0 Å². The second kappa shape index (κ2) is 13.3. The second-order valence-corrected chi connectivity index (χ2v) is 20.1. The van der Waals surface area contributed by atoms with Crippen molar-refractivity contribution in [1.29, 1.82) is 0 Å². The van der Waals surface area contributed by atoms with Crippen molar-refractivity contribution in [3.8, 4) is 11.4 Å². The van der Waals surface area contributed by atoms with E-state index in [0.717, 1.165) is 56.5 Å². The van der Waals surface area contributed by atoms with Gasteiger partial charge in [-0.3, -0.25) is 4.79 Å². The first-order valence-corrected chi connectivity index (χ1v) is 20.7. The molecule has 2 N–H and O–H groups in total. The number of nitrogens with zero attached hydrogens (tertiary/aromatic N) is 3. The fourth-order valence-electron chi connectivity index (χ4n) is 13.2. The van der Waals surface area contributed by atoms with Gasteiger partial charge in [-0.15, -0.1) is 0 Å². The number of ether oxygens (including phenoxy) is 2.